The van der Waals surface area contributed by atoms with Gasteiger partial charge in [-0.15, -0.1) is 0 Å². The minimum Gasteiger partial charge on any atom is -0.0766 e. The number of rotatable bonds is 19. The van der Waals surface area contributed by atoms with E-state index in [0.717, 1.165) is 0 Å². The van der Waals surface area contributed by atoms with Gasteiger partial charge >= 0.3 is 0 Å². The fraction of sp³-hybridized carbons (Fsp3) is 1.00. The summed E-state index contributed by atoms with van der Waals surface area (Å²) in [6, 6.07) is 3.45. The van der Waals surface area contributed by atoms with Crippen molar-refractivity contribution < 1.29 is 0 Å². The Kier molecular flexibility index (Phi) is 20.5. The van der Waals surface area contributed by atoms with Crippen molar-refractivity contribution in [3.63, 3.8) is 0 Å². The van der Waals surface area contributed by atoms with E-state index in [0.29, 0.717) is 0 Å². The van der Waals surface area contributed by atoms with E-state index in [1.165, 1.54) is 77.0 Å². The van der Waals surface area contributed by atoms with E-state index >= 15 is 0 Å². The molecule has 0 radical (unpaired) electrons. The molecule has 146 valence electrons. The van der Waals surface area contributed by atoms with Crippen LogP contribution in [-0.4, -0.2) is 25.9 Å². The monoisotopic (exact) mass is 386 g/mol. The molecule has 24 heavy (non-hydrogen) atoms. The van der Waals surface area contributed by atoms with Crippen LogP contribution in [0.25, 0.3) is 0 Å². The SMILES string of the molecule is CCCCCCCCCC[SiH](CCCCCCCCCC)[SiH](C)[SiH3]. The van der Waals surface area contributed by atoms with Gasteiger partial charge in [-0.1, -0.05) is 135 Å². The standard InChI is InChI=1S/C21H50Si3/c1-4-6-8-10-12-14-16-18-20-24(23(3)22)21-19-17-15-13-11-9-7-5-2/h23-24H,4-21H2,1-3,22H3. The first kappa shape index (κ1) is 24.7. The molecule has 0 nitrogen and oxygen atoms in total. The second-order valence-electron chi connectivity index (χ2n) is 8.53. The lowest BCUT2D eigenvalue weighted by atomic mass is 10.1. The van der Waals surface area contributed by atoms with Crippen LogP contribution in [0.3, 0.4) is 0 Å². The van der Waals surface area contributed by atoms with Gasteiger partial charge in [-0.05, 0) is 9.76 Å². The molecule has 0 aromatic rings. The van der Waals surface area contributed by atoms with Crippen LogP contribution in [0.1, 0.15) is 117 Å². The lowest BCUT2D eigenvalue weighted by Crippen LogP contribution is -2.33. The third kappa shape index (κ3) is 17.5. The summed E-state index contributed by atoms with van der Waals surface area (Å²) in [4.78, 5) is 0. The first-order valence-corrected chi connectivity index (χ1v) is 21.8. The Morgan fingerprint density at radius 2 is 0.792 bits per heavy atom. The van der Waals surface area contributed by atoms with Gasteiger partial charge in [0, 0.05) is 16.1 Å². The molecule has 0 aromatic carbocycles. The molecular weight excluding hydrogens is 336 g/mol. The molecule has 0 aromatic heterocycles. The van der Waals surface area contributed by atoms with Gasteiger partial charge in [0.15, 0.2) is 0 Å². The maximum Gasteiger partial charge on any atom is 0.0242 e. The highest BCUT2D eigenvalue weighted by Crippen LogP contribution is 2.16. The smallest absolute Gasteiger partial charge is 0.0242 e. The Balaban J connectivity index is 3.47. The van der Waals surface area contributed by atoms with E-state index in [1.54, 1.807) is 47.5 Å². The maximum atomic E-state index is 2.71. The van der Waals surface area contributed by atoms with Gasteiger partial charge in [0.1, 0.15) is 0 Å². The fourth-order valence-corrected chi connectivity index (χ4v) is 18.6. The highest BCUT2D eigenvalue weighted by molar-refractivity contribution is 7.40. The zero-order valence-corrected chi connectivity index (χ0v) is 22.2. The second-order valence-corrected chi connectivity index (χ2v) is 30.0. The molecule has 3 heteroatoms. The second kappa shape index (κ2) is 20.0. The predicted molar refractivity (Wildman–Crippen MR) is 125 cm³/mol. The molecule has 0 amide bonds. The van der Waals surface area contributed by atoms with Crippen molar-refractivity contribution in [2.24, 2.45) is 0 Å². The van der Waals surface area contributed by atoms with Gasteiger partial charge in [-0.3, -0.25) is 0 Å². The highest BCUT2D eigenvalue weighted by Gasteiger charge is 2.15. The third-order valence-electron chi connectivity index (χ3n) is 5.80. The summed E-state index contributed by atoms with van der Waals surface area (Å²) in [5, 5.41) is 0. The van der Waals surface area contributed by atoms with Crippen LogP contribution in [0, 0.1) is 0 Å². The van der Waals surface area contributed by atoms with Crippen LogP contribution in [0.15, 0.2) is 0 Å². The molecule has 0 rings (SSSR count). The first-order chi connectivity index (χ1) is 11.7. The molecule has 0 spiro atoms. The molecule has 0 aliphatic rings. The normalized spacial score (nSPS) is 13.0. The molecule has 0 saturated carbocycles. The molecule has 0 aliphatic heterocycles. The molecule has 1 unspecified atom stereocenters. The summed E-state index contributed by atoms with van der Waals surface area (Å²) in [7, 11) is 1.19. The van der Waals surface area contributed by atoms with Gasteiger partial charge in [0.25, 0.3) is 0 Å². The minimum atomic E-state index is -0.246. The van der Waals surface area contributed by atoms with Crippen molar-refractivity contribution in [3.05, 3.63) is 0 Å². The molecule has 1 atom stereocenters. The Morgan fingerprint density at radius 3 is 1.08 bits per heavy atom. The third-order valence-corrected chi connectivity index (χ3v) is 26.1. The van der Waals surface area contributed by atoms with Crippen LogP contribution in [0.4, 0.5) is 0 Å². The van der Waals surface area contributed by atoms with Gasteiger partial charge in [-0.25, -0.2) is 0 Å². The van der Waals surface area contributed by atoms with Gasteiger partial charge in [-0.2, -0.15) is 0 Å². The average molecular weight is 387 g/mol. The van der Waals surface area contributed by atoms with Crippen molar-refractivity contribution >= 4 is 25.9 Å². The summed E-state index contributed by atoms with van der Waals surface area (Å²) < 4.78 is 0. The summed E-state index contributed by atoms with van der Waals surface area (Å²) in [6.07, 6.45) is 24.0. The van der Waals surface area contributed by atoms with E-state index in [-0.39, 0.29) is 16.1 Å². The van der Waals surface area contributed by atoms with E-state index in [9.17, 15) is 0 Å². The van der Waals surface area contributed by atoms with Gasteiger partial charge in [0.2, 0.25) is 0 Å². The van der Waals surface area contributed by atoms with Crippen LogP contribution in [0.2, 0.25) is 18.6 Å². The zero-order valence-electron chi connectivity index (χ0n) is 17.9. The Labute approximate surface area is 161 Å². The number of hydrogen-bond donors (Lipinski definition) is 0. The van der Waals surface area contributed by atoms with E-state index < -0.39 is 0 Å². The molecule has 0 saturated heterocycles. The van der Waals surface area contributed by atoms with Crippen molar-refractivity contribution in [2.45, 2.75) is 135 Å². The largest absolute Gasteiger partial charge is 0.0766 e. The van der Waals surface area contributed by atoms with Crippen molar-refractivity contribution in [3.8, 4) is 0 Å². The van der Waals surface area contributed by atoms with Crippen LogP contribution in [0.5, 0.6) is 0 Å². The molecule has 0 N–H and O–H groups in total. The quantitative estimate of drug-likeness (QED) is 0.181. The lowest BCUT2D eigenvalue weighted by molar-refractivity contribution is 0.581. The summed E-state index contributed by atoms with van der Waals surface area (Å²) in [5.74, 6) is 0. The first-order valence-electron chi connectivity index (χ1n) is 11.7. The molecule has 0 aliphatic carbocycles. The highest BCUT2D eigenvalue weighted by atomic mass is 29.6. The van der Waals surface area contributed by atoms with Crippen LogP contribution in [-0.2, 0) is 0 Å². The van der Waals surface area contributed by atoms with Crippen molar-refractivity contribution in [2.75, 3.05) is 0 Å². The summed E-state index contributed by atoms with van der Waals surface area (Å²) >= 11 is 0. The molecule has 0 bridgehead atoms. The Morgan fingerprint density at radius 1 is 0.500 bits per heavy atom. The van der Waals surface area contributed by atoms with E-state index in [4.69, 9.17) is 0 Å². The van der Waals surface area contributed by atoms with E-state index in [2.05, 4.69) is 20.4 Å². The number of hydrogen-bond acceptors (Lipinski definition) is 0. The number of unbranched alkanes of at least 4 members (excludes halogenated alkanes) is 14. The maximum absolute atomic E-state index is 2.71. The topological polar surface area (TPSA) is 0 Å². The minimum absolute atomic E-state index is 0.156. The average Bonchev–Trinajstić information content (AvgIpc) is 2.57. The Hall–Kier alpha value is 0.651. The fourth-order valence-electron chi connectivity index (χ4n) is 3.89. The summed E-state index contributed by atoms with van der Waals surface area (Å²) in [6.45, 7) is 7.34. The van der Waals surface area contributed by atoms with Crippen molar-refractivity contribution in [1.82, 2.24) is 0 Å². The van der Waals surface area contributed by atoms with Gasteiger partial charge < -0.3 is 0 Å². The lowest BCUT2D eigenvalue weighted by Gasteiger charge is -2.18. The molecular formula is C21H50Si3. The van der Waals surface area contributed by atoms with Gasteiger partial charge in [0.05, 0.1) is 0 Å². The molecule has 0 fully saturated rings. The van der Waals surface area contributed by atoms with E-state index in [1.807, 2.05) is 0 Å². The Bertz CT molecular complexity index is 211. The predicted octanol–water partition coefficient (Wildman–Crippen LogP) is 6.29. The molecule has 0 heterocycles. The zero-order chi connectivity index (χ0) is 17.9. The summed E-state index contributed by atoms with van der Waals surface area (Å²) in [5.41, 5.74) is 0. The van der Waals surface area contributed by atoms with Crippen molar-refractivity contribution in [1.29, 1.82) is 0 Å². The van der Waals surface area contributed by atoms with Crippen LogP contribution >= 0.6 is 0 Å². The van der Waals surface area contributed by atoms with Crippen LogP contribution < -0.4 is 0 Å².